The van der Waals surface area contributed by atoms with Crippen LogP contribution in [0.2, 0.25) is 5.02 Å². The number of oxazole rings is 1. The Balaban J connectivity index is 1.03. The van der Waals surface area contributed by atoms with Crippen LogP contribution in [0, 0.1) is 5.92 Å². The second kappa shape index (κ2) is 13.3. The minimum absolute atomic E-state index is 0.100. The number of carboxylic acid groups (broad SMARTS) is 1. The molecule has 5 N–H and O–H groups in total. The maximum Gasteiger partial charge on any atom is 0.306 e. The molecule has 1 aliphatic carbocycles. The van der Waals surface area contributed by atoms with E-state index < -0.39 is 5.97 Å². The molecule has 1 saturated carbocycles. The Morgan fingerprint density at radius 3 is 2.76 bits per heavy atom. The monoisotopic (exact) mass is 659 g/mol. The van der Waals surface area contributed by atoms with Crippen LogP contribution in [0.5, 0.6) is 0 Å². The highest BCUT2D eigenvalue weighted by molar-refractivity contribution is 7.18. The first-order valence-electron chi connectivity index (χ1n) is 15.6. The number of halogens is 1. The number of nitrogens with zero attached hydrogens (tertiary/aromatic N) is 3. The average molecular weight is 660 g/mol. The number of hydrogen-bond acceptors (Lipinski definition) is 10. The van der Waals surface area contributed by atoms with Crippen LogP contribution in [0.25, 0.3) is 32.4 Å². The van der Waals surface area contributed by atoms with Gasteiger partial charge in [0.2, 0.25) is 11.8 Å². The van der Waals surface area contributed by atoms with Crippen molar-refractivity contribution < 1.29 is 19.1 Å². The van der Waals surface area contributed by atoms with Gasteiger partial charge in [-0.1, -0.05) is 29.8 Å². The van der Waals surface area contributed by atoms with Gasteiger partial charge in [0.15, 0.2) is 11.4 Å². The topological polar surface area (TPSA) is 154 Å². The van der Waals surface area contributed by atoms with Gasteiger partial charge >= 0.3 is 5.97 Å². The first kappa shape index (κ1) is 30.5. The number of amides is 1. The first-order chi connectivity index (χ1) is 22.4. The lowest BCUT2D eigenvalue weighted by molar-refractivity contribution is -0.142. The summed E-state index contributed by atoms with van der Waals surface area (Å²) in [7, 11) is 0. The fourth-order valence-corrected chi connectivity index (χ4v) is 7.42. The van der Waals surface area contributed by atoms with Crippen LogP contribution in [0.1, 0.15) is 49.4 Å². The third-order valence-electron chi connectivity index (χ3n) is 8.72. The Morgan fingerprint density at radius 2 is 1.96 bits per heavy atom. The zero-order valence-electron chi connectivity index (χ0n) is 25.0. The molecule has 13 heteroatoms. The maximum atomic E-state index is 11.4. The second-order valence-corrected chi connectivity index (χ2v) is 13.4. The van der Waals surface area contributed by atoms with E-state index >= 15 is 0 Å². The van der Waals surface area contributed by atoms with Crippen LogP contribution in [0.15, 0.2) is 53.1 Å². The van der Waals surface area contributed by atoms with E-state index in [9.17, 15) is 14.7 Å². The van der Waals surface area contributed by atoms with E-state index in [1.54, 1.807) is 17.5 Å². The van der Waals surface area contributed by atoms with Gasteiger partial charge in [-0.2, -0.15) is 0 Å². The molecule has 0 spiro atoms. The molecule has 2 aliphatic rings. The van der Waals surface area contributed by atoms with Crippen molar-refractivity contribution in [2.45, 2.75) is 63.7 Å². The molecule has 3 aromatic heterocycles. The number of fused-ring (bicyclic) bond motifs is 2. The summed E-state index contributed by atoms with van der Waals surface area (Å²) in [5.41, 5.74) is 4.68. The molecule has 0 bridgehead atoms. The molecule has 7 rings (SSSR count). The van der Waals surface area contributed by atoms with Crippen LogP contribution in [0.4, 0.5) is 11.5 Å². The summed E-state index contributed by atoms with van der Waals surface area (Å²) >= 11 is 8.59. The third kappa shape index (κ3) is 6.70. The first-order valence-corrected chi connectivity index (χ1v) is 16.7. The molecular formula is C33H34ClN7O4S. The van der Waals surface area contributed by atoms with Crippen molar-refractivity contribution >= 4 is 67.6 Å². The molecule has 0 unspecified atom stereocenters. The molecule has 238 valence electrons. The molecular weight excluding hydrogens is 626 g/mol. The van der Waals surface area contributed by atoms with Crippen LogP contribution >= 0.6 is 22.9 Å². The highest BCUT2D eigenvalue weighted by atomic mass is 35.5. The highest BCUT2D eigenvalue weighted by Crippen LogP contribution is 2.38. The average Bonchev–Trinajstić information content (AvgIpc) is 3.79. The number of benzene rings is 2. The van der Waals surface area contributed by atoms with Gasteiger partial charge in [-0.3, -0.25) is 9.59 Å². The lowest BCUT2D eigenvalue weighted by Crippen LogP contribution is -2.35. The number of rotatable bonds is 11. The quantitative estimate of drug-likeness (QED) is 0.114. The van der Waals surface area contributed by atoms with Gasteiger partial charge in [-0.05, 0) is 61.9 Å². The van der Waals surface area contributed by atoms with E-state index in [0.717, 1.165) is 51.1 Å². The summed E-state index contributed by atoms with van der Waals surface area (Å²) in [5, 5.41) is 24.0. The lowest BCUT2D eigenvalue weighted by Gasteiger charge is -2.26. The number of nitrogens with one attached hydrogen (secondary N) is 4. The molecule has 46 heavy (non-hydrogen) atoms. The Morgan fingerprint density at radius 1 is 1.09 bits per heavy atom. The van der Waals surface area contributed by atoms with Gasteiger partial charge in [0, 0.05) is 43.4 Å². The van der Waals surface area contributed by atoms with E-state index in [4.69, 9.17) is 21.0 Å². The Labute approximate surface area is 274 Å². The van der Waals surface area contributed by atoms with Crippen LogP contribution in [-0.4, -0.2) is 50.6 Å². The number of anilines is 2. The molecule has 1 saturated heterocycles. The molecule has 5 aromatic rings. The van der Waals surface area contributed by atoms with Crippen molar-refractivity contribution in [1.82, 2.24) is 30.9 Å². The number of carboxylic acids is 1. The van der Waals surface area contributed by atoms with Gasteiger partial charge in [0.1, 0.15) is 16.0 Å². The minimum Gasteiger partial charge on any atom is -0.481 e. The van der Waals surface area contributed by atoms with Crippen LogP contribution in [0.3, 0.4) is 0 Å². The minimum atomic E-state index is -0.689. The largest absolute Gasteiger partial charge is 0.481 e. The predicted molar refractivity (Wildman–Crippen MR) is 178 cm³/mol. The molecule has 1 aliphatic heterocycles. The van der Waals surface area contributed by atoms with Crippen molar-refractivity contribution in [3.8, 4) is 11.1 Å². The summed E-state index contributed by atoms with van der Waals surface area (Å²) < 4.78 is 6.96. The summed E-state index contributed by atoms with van der Waals surface area (Å²) in [6.45, 7) is 1.76. The Bertz CT molecular complexity index is 1900. The Hall–Kier alpha value is -4.10. The van der Waals surface area contributed by atoms with Crippen molar-refractivity contribution in [1.29, 1.82) is 0 Å². The molecule has 1 atom stereocenters. The zero-order valence-corrected chi connectivity index (χ0v) is 26.6. The number of aromatic nitrogens is 3. The van der Waals surface area contributed by atoms with Crippen molar-refractivity contribution in [3.63, 3.8) is 0 Å². The van der Waals surface area contributed by atoms with Gasteiger partial charge in [-0.25, -0.2) is 15.0 Å². The van der Waals surface area contributed by atoms with Crippen LogP contribution < -0.4 is 21.3 Å². The second-order valence-electron chi connectivity index (χ2n) is 11.9. The summed E-state index contributed by atoms with van der Waals surface area (Å²) in [4.78, 5) is 36.8. The van der Waals surface area contributed by atoms with Gasteiger partial charge in [0.25, 0.3) is 0 Å². The summed E-state index contributed by atoms with van der Waals surface area (Å²) in [6.07, 6.45) is 6.31. The fraction of sp³-hybridized carbons (Fsp3) is 0.364. The normalized spacial score (nSPS) is 19.9. The maximum absolute atomic E-state index is 11.4. The lowest BCUT2D eigenvalue weighted by atomic mass is 9.86. The van der Waals surface area contributed by atoms with E-state index in [2.05, 4.69) is 31.2 Å². The van der Waals surface area contributed by atoms with Crippen molar-refractivity contribution in [2.75, 3.05) is 11.9 Å². The van der Waals surface area contributed by atoms with E-state index in [1.807, 2.05) is 42.5 Å². The fourth-order valence-electron chi connectivity index (χ4n) is 6.23. The van der Waals surface area contributed by atoms with Gasteiger partial charge < -0.3 is 30.8 Å². The molecule has 4 heterocycles. The van der Waals surface area contributed by atoms with Gasteiger partial charge in [0.05, 0.1) is 27.9 Å². The number of hydrogen-bond donors (Lipinski definition) is 5. The number of pyridine rings is 1. The predicted octanol–water partition coefficient (Wildman–Crippen LogP) is 6.00. The van der Waals surface area contributed by atoms with Gasteiger partial charge in [-0.15, -0.1) is 11.3 Å². The molecule has 2 aromatic carbocycles. The third-order valence-corrected chi connectivity index (χ3v) is 10.1. The molecule has 11 nitrogen and oxygen atoms in total. The number of aliphatic carboxylic acids is 1. The molecule has 2 fully saturated rings. The molecule has 1 amide bonds. The summed E-state index contributed by atoms with van der Waals surface area (Å²) in [6, 6.07) is 14.1. The van der Waals surface area contributed by atoms with E-state index in [1.165, 1.54) is 0 Å². The number of thiazole rings is 1. The van der Waals surface area contributed by atoms with Crippen LogP contribution in [-0.2, 0) is 22.7 Å². The smallest absolute Gasteiger partial charge is 0.306 e. The summed E-state index contributed by atoms with van der Waals surface area (Å²) in [5.74, 6) is 0.396. The SMILES string of the molecule is O=C1CC[C@@H](CNCc2nc3cc(-c4cccc(Nc5nccc6sc(CN[C@H]7CC[C@H](C(=O)O)CC7)nc56)c4Cl)ccc3o2)N1. The standard InChI is InChI=1S/C33H34ClN7O4S/c34-30-22(19-6-10-25-24(14-19)39-28(45-25)16-35-15-21-9-11-27(42)38-21)2-1-3-23(30)40-32-31-26(12-13-36-32)46-29(41-31)17-37-20-7-4-18(5-8-20)33(43)44/h1-3,6,10,12-14,18,20-21,35,37H,4-5,7-9,11,15-17H2,(H,36,40)(H,38,42)(H,43,44)/t18-,20-,21-/m0/s1. The zero-order chi connectivity index (χ0) is 31.6. The molecule has 0 radical (unpaired) electrons. The van der Waals surface area contributed by atoms with E-state index in [-0.39, 0.29) is 17.9 Å². The number of carbonyl (C=O) groups is 2. The van der Waals surface area contributed by atoms with Crippen molar-refractivity contribution in [3.05, 3.63) is 64.6 Å². The number of carbonyl (C=O) groups excluding carboxylic acids is 1. The Kier molecular flexibility index (Phi) is 8.85. The highest BCUT2D eigenvalue weighted by Gasteiger charge is 2.26. The van der Waals surface area contributed by atoms with Crippen molar-refractivity contribution in [2.24, 2.45) is 5.92 Å². The van der Waals surface area contributed by atoms with E-state index in [0.29, 0.717) is 72.9 Å².